The lowest BCUT2D eigenvalue weighted by Gasteiger charge is -2.40. The summed E-state index contributed by atoms with van der Waals surface area (Å²) >= 11 is 1.53. The Balaban J connectivity index is 1.35. The molecule has 0 atom stereocenters. The summed E-state index contributed by atoms with van der Waals surface area (Å²) in [5, 5.41) is 5.72. The number of benzene rings is 1. The number of nitrogens with zero attached hydrogens (tertiary/aromatic N) is 4. The molecule has 0 unspecified atom stereocenters. The lowest BCUT2D eigenvalue weighted by Crippen LogP contribution is -2.52. The molecule has 0 N–H and O–H groups in total. The number of carbonyl (C=O) groups excluding carboxylic acids is 1. The quantitative estimate of drug-likeness (QED) is 0.555. The summed E-state index contributed by atoms with van der Waals surface area (Å²) in [7, 11) is 5.19. The topological polar surface area (TPSA) is 59.8 Å². The van der Waals surface area contributed by atoms with Crippen LogP contribution < -0.4 is 9.47 Å². The van der Waals surface area contributed by atoms with Gasteiger partial charge < -0.3 is 14.4 Å². The van der Waals surface area contributed by atoms with Crippen molar-refractivity contribution in [3.8, 4) is 22.8 Å². The van der Waals surface area contributed by atoms with Crippen LogP contribution in [0, 0.1) is 0 Å². The average molecular weight is 469 g/mol. The Morgan fingerprint density at radius 1 is 1.00 bits per heavy atom. The molecule has 7 nitrogen and oxygen atoms in total. The minimum atomic E-state index is 0.137. The van der Waals surface area contributed by atoms with Crippen LogP contribution in [0.1, 0.15) is 41.8 Å². The van der Waals surface area contributed by atoms with Crippen molar-refractivity contribution in [1.82, 2.24) is 19.6 Å². The highest BCUT2D eigenvalue weighted by atomic mass is 32.1. The molecule has 0 spiro atoms. The van der Waals surface area contributed by atoms with Crippen LogP contribution in [-0.2, 0) is 7.05 Å². The van der Waals surface area contributed by atoms with E-state index < -0.39 is 0 Å². The summed E-state index contributed by atoms with van der Waals surface area (Å²) in [6.45, 7) is 3.59. The van der Waals surface area contributed by atoms with Crippen molar-refractivity contribution in [2.24, 2.45) is 7.05 Å². The molecule has 3 aromatic rings. The van der Waals surface area contributed by atoms with Crippen molar-refractivity contribution >= 4 is 27.5 Å². The number of hydrogen-bond acceptors (Lipinski definition) is 6. The third kappa shape index (κ3) is 4.22. The molecule has 1 amide bonds. The number of ether oxygens (including phenoxy) is 2. The van der Waals surface area contributed by atoms with Gasteiger partial charge in [-0.3, -0.25) is 14.4 Å². The third-order valence-corrected chi connectivity index (χ3v) is 8.26. The number of piperazine rings is 1. The van der Waals surface area contributed by atoms with Gasteiger partial charge in [0.2, 0.25) is 0 Å². The Bertz CT molecular complexity index is 1140. The predicted octanol–water partition coefficient (Wildman–Crippen LogP) is 4.41. The standard InChI is InChI=1S/C25H32N4O3S/c1-27-25-19(23(26-27)17-9-10-20(31-2)21(15-17)32-3)16-22(33-25)24(30)29-13-11-28(12-14-29)18-7-5-4-6-8-18/h9-10,15-16,18H,4-8,11-14H2,1-3H3. The Morgan fingerprint density at radius 3 is 2.42 bits per heavy atom. The highest BCUT2D eigenvalue weighted by molar-refractivity contribution is 7.20. The van der Waals surface area contributed by atoms with Crippen molar-refractivity contribution in [3.05, 3.63) is 29.1 Å². The molecule has 0 bridgehead atoms. The molecule has 1 aliphatic heterocycles. The Labute approximate surface area is 198 Å². The second-order valence-corrected chi connectivity index (χ2v) is 10.0. The lowest BCUT2D eigenvalue weighted by molar-refractivity contribution is 0.0527. The van der Waals surface area contributed by atoms with Crippen LogP contribution in [0.2, 0.25) is 0 Å². The van der Waals surface area contributed by atoms with Gasteiger partial charge in [0.05, 0.1) is 19.1 Å². The molecule has 176 valence electrons. The largest absolute Gasteiger partial charge is 0.493 e. The van der Waals surface area contributed by atoms with Gasteiger partial charge in [0, 0.05) is 50.2 Å². The van der Waals surface area contributed by atoms with Gasteiger partial charge in [-0.1, -0.05) is 19.3 Å². The summed E-state index contributed by atoms with van der Waals surface area (Å²) in [5.74, 6) is 1.48. The van der Waals surface area contributed by atoms with Gasteiger partial charge in [-0.05, 0) is 37.1 Å². The Kier molecular flexibility index (Phi) is 6.29. The zero-order chi connectivity index (χ0) is 22.9. The first-order valence-corrected chi connectivity index (χ1v) is 12.6. The maximum Gasteiger partial charge on any atom is 0.264 e. The van der Waals surface area contributed by atoms with Crippen molar-refractivity contribution in [2.75, 3.05) is 40.4 Å². The zero-order valence-electron chi connectivity index (χ0n) is 19.7. The molecule has 0 radical (unpaired) electrons. The molecule has 2 fully saturated rings. The van der Waals surface area contributed by atoms with E-state index in [9.17, 15) is 4.79 Å². The van der Waals surface area contributed by atoms with Crippen LogP contribution in [0.15, 0.2) is 24.3 Å². The number of carbonyl (C=O) groups is 1. The third-order valence-electron chi connectivity index (χ3n) is 7.07. The van der Waals surface area contributed by atoms with Crippen molar-refractivity contribution in [2.45, 2.75) is 38.1 Å². The average Bonchev–Trinajstić information content (AvgIpc) is 3.44. The van der Waals surface area contributed by atoms with Crippen LogP contribution in [0.25, 0.3) is 21.5 Å². The Morgan fingerprint density at radius 2 is 1.73 bits per heavy atom. The highest BCUT2D eigenvalue weighted by Crippen LogP contribution is 2.38. The fourth-order valence-electron chi connectivity index (χ4n) is 5.24. The zero-order valence-corrected chi connectivity index (χ0v) is 20.5. The van der Waals surface area contributed by atoms with E-state index in [0.717, 1.165) is 58.6 Å². The molecule has 1 saturated carbocycles. The number of aryl methyl sites for hydroxylation is 1. The molecule has 1 aromatic carbocycles. The Hall–Kier alpha value is -2.58. The molecule has 33 heavy (non-hydrogen) atoms. The van der Waals surface area contributed by atoms with Gasteiger partial charge in [-0.2, -0.15) is 5.10 Å². The molecular weight excluding hydrogens is 436 g/mol. The molecule has 3 heterocycles. The molecular formula is C25H32N4O3S. The lowest BCUT2D eigenvalue weighted by atomic mass is 9.94. The number of thiophene rings is 1. The molecule has 5 rings (SSSR count). The minimum absolute atomic E-state index is 0.137. The number of hydrogen-bond donors (Lipinski definition) is 0. The second kappa shape index (κ2) is 9.35. The van der Waals surface area contributed by atoms with Crippen molar-refractivity contribution in [3.63, 3.8) is 0 Å². The van der Waals surface area contributed by atoms with Gasteiger partial charge >= 0.3 is 0 Å². The number of amides is 1. The van der Waals surface area contributed by atoms with Crippen LogP contribution in [-0.4, -0.2) is 71.9 Å². The van der Waals surface area contributed by atoms with Crippen LogP contribution in [0.4, 0.5) is 0 Å². The van der Waals surface area contributed by atoms with E-state index in [4.69, 9.17) is 14.6 Å². The highest BCUT2D eigenvalue weighted by Gasteiger charge is 2.29. The van der Waals surface area contributed by atoms with E-state index in [1.54, 1.807) is 14.2 Å². The van der Waals surface area contributed by atoms with Crippen LogP contribution in [0.3, 0.4) is 0 Å². The van der Waals surface area contributed by atoms with Gasteiger partial charge in [0.1, 0.15) is 10.5 Å². The minimum Gasteiger partial charge on any atom is -0.493 e. The summed E-state index contributed by atoms with van der Waals surface area (Å²) in [5.41, 5.74) is 1.79. The van der Waals surface area contributed by atoms with E-state index >= 15 is 0 Å². The molecule has 2 aromatic heterocycles. The number of fused-ring (bicyclic) bond motifs is 1. The summed E-state index contributed by atoms with van der Waals surface area (Å²) in [6.07, 6.45) is 6.71. The van der Waals surface area contributed by atoms with Gasteiger partial charge in [0.15, 0.2) is 11.5 Å². The SMILES string of the molecule is COc1ccc(-c2nn(C)c3sc(C(=O)N4CCN(C5CCCCC5)CC4)cc23)cc1OC. The van der Waals surface area contributed by atoms with Crippen molar-refractivity contribution in [1.29, 1.82) is 0 Å². The maximum absolute atomic E-state index is 13.3. The monoisotopic (exact) mass is 468 g/mol. The molecule has 1 saturated heterocycles. The normalized spacial score (nSPS) is 18.1. The first-order chi connectivity index (χ1) is 16.1. The molecule has 8 heteroatoms. The molecule has 2 aliphatic rings. The summed E-state index contributed by atoms with van der Waals surface area (Å²) in [4.78, 5) is 19.8. The van der Waals surface area contributed by atoms with Crippen LogP contribution in [0.5, 0.6) is 11.5 Å². The fraction of sp³-hybridized carbons (Fsp3) is 0.520. The summed E-state index contributed by atoms with van der Waals surface area (Å²) in [6, 6.07) is 8.53. The first kappa shape index (κ1) is 22.2. The van der Waals surface area contributed by atoms with E-state index in [1.165, 1.54) is 43.4 Å². The van der Waals surface area contributed by atoms with Gasteiger partial charge in [-0.25, -0.2) is 0 Å². The number of methoxy groups -OCH3 is 2. The first-order valence-electron chi connectivity index (χ1n) is 11.8. The smallest absolute Gasteiger partial charge is 0.264 e. The van der Waals surface area contributed by atoms with E-state index in [1.807, 2.05) is 40.9 Å². The van der Waals surface area contributed by atoms with E-state index in [0.29, 0.717) is 11.5 Å². The summed E-state index contributed by atoms with van der Waals surface area (Å²) < 4.78 is 12.7. The van der Waals surface area contributed by atoms with Crippen LogP contribution >= 0.6 is 11.3 Å². The number of rotatable bonds is 5. The maximum atomic E-state index is 13.3. The fourth-order valence-corrected chi connectivity index (χ4v) is 6.28. The molecule has 1 aliphatic carbocycles. The second-order valence-electron chi connectivity index (χ2n) is 8.99. The number of aromatic nitrogens is 2. The van der Waals surface area contributed by atoms with Crippen molar-refractivity contribution < 1.29 is 14.3 Å². The predicted molar refractivity (Wildman–Crippen MR) is 131 cm³/mol. The van der Waals surface area contributed by atoms with Gasteiger partial charge in [-0.15, -0.1) is 11.3 Å². The van der Waals surface area contributed by atoms with E-state index in [2.05, 4.69) is 4.90 Å². The van der Waals surface area contributed by atoms with Gasteiger partial charge in [0.25, 0.3) is 5.91 Å². The van der Waals surface area contributed by atoms with E-state index in [-0.39, 0.29) is 5.91 Å².